The molecule has 1 aromatic carbocycles. The number of rotatable bonds is 4. The van der Waals surface area contributed by atoms with Gasteiger partial charge in [-0.05, 0) is 18.6 Å². The van der Waals surface area contributed by atoms with Crippen molar-refractivity contribution in [2.24, 2.45) is 7.05 Å². The van der Waals surface area contributed by atoms with E-state index in [-0.39, 0.29) is 18.0 Å². The first-order chi connectivity index (χ1) is 11.5. The van der Waals surface area contributed by atoms with Gasteiger partial charge in [0.2, 0.25) is 11.9 Å². The van der Waals surface area contributed by atoms with E-state index in [9.17, 15) is 9.59 Å². The van der Waals surface area contributed by atoms with E-state index in [0.29, 0.717) is 11.6 Å². The third kappa shape index (κ3) is 3.24. The van der Waals surface area contributed by atoms with E-state index in [1.54, 1.807) is 23.8 Å². The molecular weight excluding hydrogens is 306 g/mol. The van der Waals surface area contributed by atoms with Crippen molar-refractivity contribution >= 4 is 11.9 Å². The molecule has 3 rings (SSSR count). The predicted octanol–water partition coefficient (Wildman–Crippen LogP) is 1.59. The predicted molar refractivity (Wildman–Crippen MR) is 90.5 cm³/mol. The monoisotopic (exact) mass is 323 g/mol. The molecule has 0 unspecified atom stereocenters. The summed E-state index contributed by atoms with van der Waals surface area (Å²) >= 11 is 0. The van der Waals surface area contributed by atoms with Crippen molar-refractivity contribution in [3.8, 4) is 11.3 Å². The van der Waals surface area contributed by atoms with Gasteiger partial charge in [0, 0.05) is 13.1 Å². The van der Waals surface area contributed by atoms with Gasteiger partial charge >= 0.3 is 0 Å². The molecule has 0 aliphatic rings. The van der Waals surface area contributed by atoms with Crippen molar-refractivity contribution in [2.75, 3.05) is 5.32 Å². The number of hydrogen-bond acceptors (Lipinski definition) is 4. The number of carbonyl (C=O) groups excluding carboxylic acids is 1. The van der Waals surface area contributed by atoms with Crippen molar-refractivity contribution < 1.29 is 4.79 Å². The average Bonchev–Trinajstić information content (AvgIpc) is 2.92. The van der Waals surface area contributed by atoms with Gasteiger partial charge < -0.3 is 4.57 Å². The van der Waals surface area contributed by atoms with Crippen LogP contribution in [0.3, 0.4) is 0 Å². The van der Waals surface area contributed by atoms with Crippen LogP contribution < -0.4 is 10.9 Å². The molecule has 3 aromatic rings. The van der Waals surface area contributed by atoms with Crippen LogP contribution in [-0.4, -0.2) is 25.2 Å². The van der Waals surface area contributed by atoms with Crippen LogP contribution in [-0.2, 0) is 18.4 Å². The lowest BCUT2D eigenvalue weighted by Gasteiger charge is -2.08. The molecule has 2 heterocycles. The highest BCUT2D eigenvalue weighted by Crippen LogP contribution is 2.21. The van der Waals surface area contributed by atoms with E-state index in [1.807, 2.05) is 37.4 Å². The molecular formula is C17H17N5O2. The Balaban J connectivity index is 1.77. The largest absolute Gasteiger partial charge is 0.313 e. The van der Waals surface area contributed by atoms with Crippen LogP contribution in [0, 0.1) is 6.92 Å². The zero-order valence-corrected chi connectivity index (χ0v) is 13.4. The standard InChI is InChI=1S/C17H17N5O2/c1-12-8-9-16(24)22(20-12)11-15(23)19-17-18-10-14(21(17)2)13-6-4-3-5-7-13/h3-10H,11H2,1-2H3,(H,18,19,23). The molecule has 0 atom stereocenters. The third-order valence-corrected chi connectivity index (χ3v) is 3.60. The molecule has 122 valence electrons. The number of hydrogen-bond donors (Lipinski definition) is 1. The second-order valence-corrected chi connectivity index (χ2v) is 5.41. The normalized spacial score (nSPS) is 10.6. The minimum Gasteiger partial charge on any atom is -0.313 e. The second kappa shape index (κ2) is 6.49. The van der Waals surface area contributed by atoms with Crippen LogP contribution in [0.5, 0.6) is 0 Å². The molecule has 0 aliphatic carbocycles. The molecule has 0 saturated carbocycles. The third-order valence-electron chi connectivity index (χ3n) is 3.60. The Bertz CT molecular complexity index is 928. The Hall–Kier alpha value is -3.22. The highest BCUT2D eigenvalue weighted by Gasteiger charge is 2.12. The van der Waals surface area contributed by atoms with E-state index in [1.165, 1.54) is 6.07 Å². The zero-order valence-electron chi connectivity index (χ0n) is 13.4. The van der Waals surface area contributed by atoms with Crippen LogP contribution in [0.4, 0.5) is 5.95 Å². The Morgan fingerprint density at radius 1 is 1.17 bits per heavy atom. The molecule has 0 saturated heterocycles. The number of aryl methyl sites for hydroxylation is 1. The SMILES string of the molecule is Cc1ccc(=O)n(CC(=O)Nc2ncc(-c3ccccc3)n2C)n1. The topological polar surface area (TPSA) is 81.8 Å². The smallest absolute Gasteiger partial charge is 0.267 e. The Morgan fingerprint density at radius 3 is 2.67 bits per heavy atom. The molecule has 0 aliphatic heterocycles. The summed E-state index contributed by atoms with van der Waals surface area (Å²) in [4.78, 5) is 28.1. The summed E-state index contributed by atoms with van der Waals surface area (Å²) in [7, 11) is 1.82. The molecule has 0 spiro atoms. The minimum absolute atomic E-state index is 0.159. The fourth-order valence-corrected chi connectivity index (χ4v) is 2.37. The van der Waals surface area contributed by atoms with Crippen molar-refractivity contribution in [3.63, 3.8) is 0 Å². The average molecular weight is 323 g/mol. The highest BCUT2D eigenvalue weighted by molar-refractivity contribution is 5.89. The molecule has 7 heteroatoms. The Labute approximate surface area is 138 Å². The first-order valence-electron chi connectivity index (χ1n) is 7.46. The lowest BCUT2D eigenvalue weighted by atomic mass is 10.2. The lowest BCUT2D eigenvalue weighted by Crippen LogP contribution is -2.30. The van der Waals surface area contributed by atoms with Crippen molar-refractivity contribution in [1.82, 2.24) is 19.3 Å². The van der Waals surface area contributed by atoms with E-state index < -0.39 is 0 Å². The maximum atomic E-state index is 12.2. The van der Waals surface area contributed by atoms with Crippen molar-refractivity contribution in [3.05, 3.63) is 64.7 Å². The molecule has 7 nitrogen and oxygen atoms in total. The quantitative estimate of drug-likeness (QED) is 0.790. The number of anilines is 1. The Morgan fingerprint density at radius 2 is 1.92 bits per heavy atom. The minimum atomic E-state index is -0.358. The van der Waals surface area contributed by atoms with Gasteiger partial charge in [-0.2, -0.15) is 5.10 Å². The van der Waals surface area contributed by atoms with E-state index in [0.717, 1.165) is 15.9 Å². The van der Waals surface area contributed by atoms with E-state index >= 15 is 0 Å². The number of aromatic nitrogens is 4. The maximum absolute atomic E-state index is 12.2. The van der Waals surface area contributed by atoms with Gasteiger partial charge in [0.05, 0.1) is 17.6 Å². The van der Waals surface area contributed by atoms with Gasteiger partial charge in [0.1, 0.15) is 6.54 Å². The van der Waals surface area contributed by atoms with Gasteiger partial charge in [-0.25, -0.2) is 9.67 Å². The fourth-order valence-electron chi connectivity index (χ4n) is 2.37. The van der Waals surface area contributed by atoms with Crippen LogP contribution in [0.15, 0.2) is 53.5 Å². The summed E-state index contributed by atoms with van der Waals surface area (Å²) in [5.41, 5.74) is 2.24. The molecule has 2 aromatic heterocycles. The van der Waals surface area contributed by atoms with Crippen molar-refractivity contribution in [2.45, 2.75) is 13.5 Å². The zero-order chi connectivity index (χ0) is 17.1. The number of nitrogens with one attached hydrogen (secondary N) is 1. The first kappa shape index (κ1) is 15.7. The summed E-state index contributed by atoms with van der Waals surface area (Å²) in [6.45, 7) is 1.60. The summed E-state index contributed by atoms with van der Waals surface area (Å²) in [6.07, 6.45) is 1.70. The van der Waals surface area contributed by atoms with Crippen LogP contribution in [0.2, 0.25) is 0 Å². The molecule has 24 heavy (non-hydrogen) atoms. The fraction of sp³-hybridized carbons (Fsp3) is 0.176. The maximum Gasteiger partial charge on any atom is 0.267 e. The summed E-state index contributed by atoms with van der Waals surface area (Å²) in [5.74, 6) is 0.0584. The van der Waals surface area contributed by atoms with Gasteiger partial charge in [0.25, 0.3) is 5.56 Å². The number of amides is 1. The first-order valence-corrected chi connectivity index (χ1v) is 7.46. The van der Waals surface area contributed by atoms with Crippen LogP contribution in [0.1, 0.15) is 5.69 Å². The molecule has 0 fully saturated rings. The lowest BCUT2D eigenvalue weighted by molar-refractivity contribution is -0.117. The molecule has 0 radical (unpaired) electrons. The van der Waals surface area contributed by atoms with Crippen LogP contribution in [0.25, 0.3) is 11.3 Å². The number of carbonyl (C=O) groups is 1. The number of imidazole rings is 1. The van der Waals surface area contributed by atoms with Crippen molar-refractivity contribution in [1.29, 1.82) is 0 Å². The van der Waals surface area contributed by atoms with Gasteiger partial charge in [0.15, 0.2) is 0 Å². The number of benzene rings is 1. The van der Waals surface area contributed by atoms with Gasteiger partial charge in [-0.3, -0.25) is 14.9 Å². The van der Waals surface area contributed by atoms with E-state index in [4.69, 9.17) is 0 Å². The van der Waals surface area contributed by atoms with Gasteiger partial charge in [-0.1, -0.05) is 30.3 Å². The number of nitrogens with zero attached hydrogens (tertiary/aromatic N) is 4. The molecule has 1 N–H and O–H groups in total. The molecule has 1 amide bonds. The summed E-state index contributed by atoms with van der Waals surface area (Å²) < 4.78 is 2.92. The second-order valence-electron chi connectivity index (χ2n) is 5.41. The van der Waals surface area contributed by atoms with E-state index in [2.05, 4.69) is 15.4 Å². The van der Waals surface area contributed by atoms with Crippen LogP contribution >= 0.6 is 0 Å². The summed E-state index contributed by atoms with van der Waals surface area (Å²) in [5, 5.41) is 6.75. The summed E-state index contributed by atoms with van der Waals surface area (Å²) in [6, 6.07) is 12.8. The van der Waals surface area contributed by atoms with Gasteiger partial charge in [-0.15, -0.1) is 0 Å². The molecule has 0 bridgehead atoms. The highest BCUT2D eigenvalue weighted by atomic mass is 16.2. The Kier molecular flexibility index (Phi) is 4.24.